The highest BCUT2D eigenvalue weighted by Crippen LogP contribution is 2.39. The van der Waals surface area contributed by atoms with Crippen molar-refractivity contribution in [3.8, 4) is 11.3 Å². The summed E-state index contributed by atoms with van der Waals surface area (Å²) in [6.07, 6.45) is 4.96. The van der Waals surface area contributed by atoms with E-state index in [0.717, 1.165) is 28.7 Å². The van der Waals surface area contributed by atoms with Crippen LogP contribution in [0.25, 0.3) is 11.3 Å². The molecule has 0 radical (unpaired) electrons. The molecule has 0 bridgehead atoms. The zero-order valence-corrected chi connectivity index (χ0v) is 43.6. The normalized spacial score (nSPS) is 14.5. The van der Waals surface area contributed by atoms with Gasteiger partial charge in [0.1, 0.15) is 35.9 Å². The fourth-order valence-corrected chi connectivity index (χ4v) is 8.67. The van der Waals surface area contributed by atoms with Gasteiger partial charge in [0.05, 0.1) is 23.8 Å². The average Bonchev–Trinajstić information content (AvgIpc) is 3.91. The third-order valence-electron chi connectivity index (χ3n) is 12.8. The van der Waals surface area contributed by atoms with Crippen molar-refractivity contribution in [3.05, 3.63) is 89.9 Å². The van der Waals surface area contributed by atoms with Gasteiger partial charge in [-0.3, -0.25) is 43.3 Å². The van der Waals surface area contributed by atoms with Crippen LogP contribution < -0.4 is 21.7 Å². The third kappa shape index (κ3) is 18.4. The van der Waals surface area contributed by atoms with E-state index in [1.807, 2.05) is 51.1 Å². The van der Waals surface area contributed by atoms with Gasteiger partial charge in [-0.15, -0.1) is 0 Å². The second-order valence-corrected chi connectivity index (χ2v) is 20.3. The lowest BCUT2D eigenvalue weighted by Crippen LogP contribution is -2.48. The fourth-order valence-electron chi connectivity index (χ4n) is 8.67. The minimum Gasteiger partial charge on any atom is -0.480 e. The molecule has 7 N–H and O–H groups in total. The Kier molecular flexibility index (Phi) is 23.1. The van der Waals surface area contributed by atoms with Crippen molar-refractivity contribution in [3.63, 3.8) is 0 Å². The molecule has 0 saturated carbocycles. The number of aliphatic carboxylic acids is 1. The van der Waals surface area contributed by atoms with Crippen molar-refractivity contribution in [2.24, 2.45) is 23.0 Å². The number of rotatable bonds is 31. The number of imide groups is 1. The second-order valence-electron chi connectivity index (χ2n) is 20.3. The number of benzene rings is 2. The van der Waals surface area contributed by atoms with Gasteiger partial charge in [0, 0.05) is 81.7 Å². The van der Waals surface area contributed by atoms with E-state index >= 15 is 4.39 Å². The number of carboxylic acids is 1. The number of halogens is 2. The number of hydrogen-bond acceptors (Lipinski definition) is 12. The number of nitrogens with zero attached hydrogens (tertiary/aromatic N) is 4. The summed E-state index contributed by atoms with van der Waals surface area (Å²) < 4.78 is 31.2. The highest BCUT2D eigenvalue weighted by atomic mass is 19.1. The molecule has 6 amide bonds. The molecule has 4 rings (SSSR count). The first-order valence-electron chi connectivity index (χ1n) is 25.3. The maximum atomic E-state index is 15.1. The molecule has 2 heterocycles. The van der Waals surface area contributed by atoms with Crippen molar-refractivity contribution < 1.29 is 62.1 Å². The highest BCUT2D eigenvalue weighted by molar-refractivity contribution is 6.12. The lowest BCUT2D eigenvalue weighted by Gasteiger charge is -2.40. The van der Waals surface area contributed by atoms with Gasteiger partial charge in [-0.25, -0.2) is 18.6 Å². The number of aliphatic hydroxyl groups is 1. The number of unbranched alkanes of at least 4 members (excludes halogenated alkanes) is 2. The fraction of sp³-hybridized carbons (Fsp3) is 0.519. The van der Waals surface area contributed by atoms with Crippen LogP contribution in [0.15, 0.2) is 66.9 Å². The summed E-state index contributed by atoms with van der Waals surface area (Å²) in [5, 5.41) is 27.8. The molecule has 1 aliphatic heterocycles. The van der Waals surface area contributed by atoms with Gasteiger partial charge >= 0.3 is 5.97 Å². The zero-order valence-electron chi connectivity index (χ0n) is 43.6. The Morgan fingerprint density at radius 3 is 2.15 bits per heavy atom. The SMILES string of the molecule is CC(C)[C@H](NC(=O)CCCCCN1C(=O)C=CC1=O)C(=O)C[C@@H](C)C(=O)N[C@@H](CCC(=O)CCCNC(=O)[C@@H](N)CCN(C(=O)CO)[C@@H](c1nc(-c2cc(F)ccc2F)cn1Cc1ccccc1)C(C)(C)C)C(=O)O. The predicted octanol–water partition coefficient (Wildman–Crippen LogP) is 4.54. The summed E-state index contributed by atoms with van der Waals surface area (Å²) in [7, 11) is 0. The van der Waals surface area contributed by atoms with Crippen molar-refractivity contribution in [2.45, 2.75) is 136 Å². The smallest absolute Gasteiger partial charge is 0.326 e. The van der Waals surface area contributed by atoms with Crippen molar-refractivity contribution >= 4 is 53.0 Å². The number of ketones is 2. The minimum absolute atomic E-state index is 0.0320. The number of carbonyl (C=O) groups excluding carboxylic acids is 8. The van der Waals surface area contributed by atoms with E-state index in [9.17, 15) is 57.8 Å². The van der Waals surface area contributed by atoms with Gasteiger partial charge in [-0.05, 0) is 67.2 Å². The van der Waals surface area contributed by atoms with E-state index in [0.29, 0.717) is 25.1 Å². The van der Waals surface area contributed by atoms with Crippen LogP contribution in [0.2, 0.25) is 0 Å². The van der Waals surface area contributed by atoms with E-state index in [4.69, 9.17) is 10.7 Å². The molecule has 0 saturated heterocycles. The number of carboxylic acid groups (broad SMARTS) is 1. The van der Waals surface area contributed by atoms with Crippen LogP contribution >= 0.6 is 0 Å². The largest absolute Gasteiger partial charge is 0.480 e. The Morgan fingerprint density at radius 1 is 0.840 bits per heavy atom. The van der Waals surface area contributed by atoms with E-state index < -0.39 is 83.2 Å². The maximum Gasteiger partial charge on any atom is 0.326 e. The summed E-state index contributed by atoms with van der Waals surface area (Å²) in [6.45, 7) is 10.0. The number of aromatic nitrogens is 2. The molecule has 0 spiro atoms. The lowest BCUT2D eigenvalue weighted by molar-refractivity contribution is -0.143. The van der Waals surface area contributed by atoms with Crippen molar-refractivity contribution in [2.75, 3.05) is 26.2 Å². The highest BCUT2D eigenvalue weighted by Gasteiger charge is 2.39. The third-order valence-corrected chi connectivity index (χ3v) is 12.8. The number of aliphatic hydroxyl groups excluding tert-OH is 1. The quantitative estimate of drug-likeness (QED) is 0.0382. The summed E-state index contributed by atoms with van der Waals surface area (Å²) in [5.41, 5.74) is 6.44. The molecule has 408 valence electrons. The summed E-state index contributed by atoms with van der Waals surface area (Å²) in [4.78, 5) is 121. The standard InChI is InChI=1S/C54H72F2N8O11/c1-33(2)48(61-44(68)17-11-8-12-26-63-45(69)22-23-46(63)70)43(67)28-34(3)51(72)60-41(53(74)75)21-19-37(66)16-13-25-58-52(73)40(57)24-27-64(47(71)32-65)49(54(4,5)6)50-59-42(38-29-36(55)18-20-39(38)56)31-62(50)30-35-14-9-7-10-15-35/h7,9-10,14-15,18,20,22-23,29,31,33-34,40-41,48-49,65H,8,11-13,16-17,19,21,24-28,30,32,57H2,1-6H3,(H,58,73)(H,60,72)(H,61,68)(H,74,75)/t34-,40+,41+,48+,49+/m1/s1. The monoisotopic (exact) mass is 1050 g/mol. The average molecular weight is 1050 g/mol. The van der Waals surface area contributed by atoms with Crippen molar-refractivity contribution in [1.82, 2.24) is 35.3 Å². The van der Waals surface area contributed by atoms with Gasteiger partial charge in [0.2, 0.25) is 23.6 Å². The van der Waals surface area contributed by atoms with Crippen LogP contribution in [0.5, 0.6) is 0 Å². The summed E-state index contributed by atoms with van der Waals surface area (Å²) in [5.74, 6) is -7.58. The van der Waals surface area contributed by atoms with E-state index in [1.54, 1.807) is 24.6 Å². The molecule has 5 atom stereocenters. The Morgan fingerprint density at radius 2 is 1.52 bits per heavy atom. The van der Waals surface area contributed by atoms with E-state index in [1.165, 1.54) is 24.0 Å². The second kappa shape index (κ2) is 28.6. The van der Waals surface area contributed by atoms with Gasteiger partial charge in [-0.1, -0.05) is 78.3 Å². The molecule has 75 heavy (non-hydrogen) atoms. The Balaban J connectivity index is 1.25. The molecule has 2 aromatic carbocycles. The van der Waals surface area contributed by atoms with Gasteiger partial charge in [-0.2, -0.15) is 0 Å². The molecule has 3 aromatic rings. The first-order chi connectivity index (χ1) is 35.4. The Hall–Kier alpha value is -7.00. The molecule has 19 nitrogen and oxygen atoms in total. The number of nitrogens with two attached hydrogens (primary N) is 1. The van der Waals surface area contributed by atoms with Crippen LogP contribution in [0.3, 0.4) is 0 Å². The van der Waals surface area contributed by atoms with Crippen LogP contribution in [0.1, 0.15) is 123 Å². The zero-order chi connectivity index (χ0) is 55.6. The number of hydrogen-bond donors (Lipinski definition) is 6. The molecule has 0 fully saturated rings. The number of Topliss-reactive ketones (excluding diaryl/α,β-unsaturated/α-hetero) is 2. The summed E-state index contributed by atoms with van der Waals surface area (Å²) >= 11 is 0. The van der Waals surface area contributed by atoms with Crippen LogP contribution in [-0.4, -0.2) is 127 Å². The number of imidazole rings is 1. The Labute approximate surface area is 436 Å². The van der Waals surface area contributed by atoms with Crippen molar-refractivity contribution in [1.29, 1.82) is 0 Å². The topological polar surface area (TPSA) is 280 Å². The molecule has 0 aliphatic carbocycles. The first kappa shape index (κ1) is 60.6. The predicted molar refractivity (Wildman–Crippen MR) is 273 cm³/mol. The molecular weight excluding hydrogens is 975 g/mol. The van der Waals surface area contributed by atoms with Gasteiger partial charge in [0.15, 0.2) is 5.78 Å². The maximum absolute atomic E-state index is 15.1. The minimum atomic E-state index is -1.44. The lowest BCUT2D eigenvalue weighted by atomic mass is 9.84. The van der Waals surface area contributed by atoms with Crippen LogP contribution in [-0.2, 0) is 49.7 Å². The van der Waals surface area contributed by atoms with Gasteiger partial charge < -0.3 is 41.4 Å². The van der Waals surface area contributed by atoms with Crippen LogP contribution in [0, 0.1) is 28.9 Å². The van der Waals surface area contributed by atoms with E-state index in [-0.39, 0.29) is 112 Å². The van der Waals surface area contributed by atoms with E-state index in [2.05, 4.69) is 16.0 Å². The number of amides is 6. The van der Waals surface area contributed by atoms with Gasteiger partial charge in [0.25, 0.3) is 11.8 Å². The Bertz CT molecular complexity index is 2530. The molecule has 0 unspecified atom stereocenters. The first-order valence-corrected chi connectivity index (χ1v) is 25.3. The molecule has 1 aliphatic rings. The number of carbonyl (C=O) groups is 9. The molecular formula is C54H72F2N8O11. The molecule has 21 heteroatoms. The van der Waals surface area contributed by atoms with Crippen LogP contribution in [0.4, 0.5) is 8.78 Å². The number of nitrogens with one attached hydrogen (secondary N) is 3. The summed E-state index contributed by atoms with van der Waals surface area (Å²) in [6, 6.07) is 7.99. The molecule has 1 aromatic heterocycles.